The molecule has 4 atom stereocenters. The van der Waals surface area contributed by atoms with E-state index in [1.807, 2.05) is 0 Å². The van der Waals surface area contributed by atoms with Gasteiger partial charge in [-0.2, -0.15) is 13.5 Å². The van der Waals surface area contributed by atoms with Gasteiger partial charge < -0.3 is 5.11 Å². The Balaban J connectivity index is 1.37. The molecule has 5 rings (SSSR count). The Labute approximate surface area is 180 Å². The van der Waals surface area contributed by atoms with Gasteiger partial charge in [-0.1, -0.05) is 24.3 Å². The van der Waals surface area contributed by atoms with Crippen LogP contribution in [0.2, 0.25) is 0 Å². The SMILES string of the molecule is NS(=O)(=O)OC[C@H]1C[C@@H](c2cnn3c(C[C@H]4CCc5ccccc54)ncnc23)C[C@@H]1O. The third-order valence-corrected chi connectivity index (χ3v) is 7.10. The van der Waals surface area contributed by atoms with Crippen LogP contribution in [0.5, 0.6) is 0 Å². The van der Waals surface area contributed by atoms with E-state index >= 15 is 0 Å². The molecule has 0 amide bonds. The zero-order valence-electron chi connectivity index (χ0n) is 17.0. The standard InChI is InChI=1S/C21H25N5O4S/c22-31(28,29)30-11-16-7-15(8-19(16)27)18-10-25-26-20(23-12-24-21(18)26)9-14-6-5-13-3-1-2-4-17(13)14/h1-4,10,12,14-16,19,27H,5-9,11H2,(H2,22,28,29)/t14-,15-,16-,19+/m1/s1. The van der Waals surface area contributed by atoms with Crippen molar-refractivity contribution in [3.05, 3.63) is 59.3 Å². The Hall–Kier alpha value is -2.40. The second-order valence-electron chi connectivity index (χ2n) is 8.54. The van der Waals surface area contributed by atoms with Crippen molar-refractivity contribution in [2.45, 2.75) is 50.0 Å². The van der Waals surface area contributed by atoms with Gasteiger partial charge in [0, 0.05) is 17.9 Å². The highest BCUT2D eigenvalue weighted by Gasteiger charge is 2.36. The van der Waals surface area contributed by atoms with Crippen molar-refractivity contribution < 1.29 is 17.7 Å². The molecule has 1 saturated carbocycles. The first kappa shape index (κ1) is 20.5. The number of aromatic nitrogens is 4. The van der Waals surface area contributed by atoms with Gasteiger partial charge in [-0.05, 0) is 48.6 Å². The van der Waals surface area contributed by atoms with E-state index in [4.69, 9.17) is 9.32 Å². The molecular weight excluding hydrogens is 418 g/mol. The predicted octanol–water partition coefficient (Wildman–Crippen LogP) is 1.47. The molecule has 2 aliphatic carbocycles. The average Bonchev–Trinajstić information content (AvgIpc) is 3.43. The Kier molecular flexibility index (Phi) is 5.25. The lowest BCUT2D eigenvalue weighted by atomic mass is 9.97. The van der Waals surface area contributed by atoms with Crippen LogP contribution in [0.1, 0.15) is 53.6 Å². The van der Waals surface area contributed by atoms with Gasteiger partial charge in [0.15, 0.2) is 5.65 Å². The molecule has 9 nitrogen and oxygen atoms in total. The van der Waals surface area contributed by atoms with Crippen molar-refractivity contribution in [1.29, 1.82) is 0 Å². The highest BCUT2D eigenvalue weighted by Crippen LogP contribution is 2.40. The number of nitrogens with two attached hydrogens (primary N) is 1. The van der Waals surface area contributed by atoms with Gasteiger partial charge in [-0.3, -0.25) is 4.18 Å². The van der Waals surface area contributed by atoms with Crippen LogP contribution < -0.4 is 5.14 Å². The Morgan fingerprint density at radius 3 is 2.87 bits per heavy atom. The van der Waals surface area contributed by atoms with E-state index in [2.05, 4.69) is 39.3 Å². The molecule has 0 unspecified atom stereocenters. The summed E-state index contributed by atoms with van der Waals surface area (Å²) in [6, 6.07) is 8.56. The molecule has 10 heteroatoms. The third-order valence-electron chi connectivity index (χ3n) is 6.63. The van der Waals surface area contributed by atoms with E-state index in [0.29, 0.717) is 18.8 Å². The monoisotopic (exact) mass is 443 g/mol. The number of hydrogen-bond acceptors (Lipinski definition) is 7. The summed E-state index contributed by atoms with van der Waals surface area (Å²) in [5.74, 6) is 0.978. The van der Waals surface area contributed by atoms with Crippen molar-refractivity contribution in [2.24, 2.45) is 11.1 Å². The smallest absolute Gasteiger partial charge is 0.333 e. The lowest BCUT2D eigenvalue weighted by Gasteiger charge is -2.13. The van der Waals surface area contributed by atoms with Gasteiger partial charge in [-0.25, -0.2) is 19.6 Å². The van der Waals surface area contributed by atoms with Gasteiger partial charge in [-0.15, -0.1) is 0 Å². The fourth-order valence-corrected chi connectivity index (χ4v) is 5.47. The number of aliphatic hydroxyl groups is 1. The molecule has 2 aliphatic rings. The summed E-state index contributed by atoms with van der Waals surface area (Å²) in [5, 5.41) is 19.9. The van der Waals surface area contributed by atoms with E-state index in [1.165, 1.54) is 11.1 Å². The zero-order valence-corrected chi connectivity index (χ0v) is 17.8. The van der Waals surface area contributed by atoms with Crippen molar-refractivity contribution >= 4 is 16.0 Å². The average molecular weight is 444 g/mol. The summed E-state index contributed by atoms with van der Waals surface area (Å²) in [7, 11) is -4.03. The maximum Gasteiger partial charge on any atom is 0.333 e. The minimum Gasteiger partial charge on any atom is -0.393 e. The minimum atomic E-state index is -4.03. The number of nitrogens with zero attached hydrogens (tertiary/aromatic N) is 4. The summed E-state index contributed by atoms with van der Waals surface area (Å²) in [6.07, 6.45) is 6.73. The van der Waals surface area contributed by atoms with Crippen molar-refractivity contribution in [3.8, 4) is 0 Å². The minimum absolute atomic E-state index is 0.0107. The third kappa shape index (κ3) is 4.08. The number of aliphatic hydroxyl groups excluding tert-OH is 1. The fourth-order valence-electron chi connectivity index (χ4n) is 5.10. The fraction of sp³-hybridized carbons (Fsp3) is 0.476. The number of fused-ring (bicyclic) bond motifs is 2. The van der Waals surface area contributed by atoms with Crippen molar-refractivity contribution in [1.82, 2.24) is 19.6 Å². The summed E-state index contributed by atoms with van der Waals surface area (Å²) in [4.78, 5) is 8.97. The van der Waals surface area contributed by atoms with Crippen molar-refractivity contribution in [2.75, 3.05) is 6.61 Å². The number of hydrogen-bond donors (Lipinski definition) is 2. The van der Waals surface area contributed by atoms with Crippen molar-refractivity contribution in [3.63, 3.8) is 0 Å². The second kappa shape index (κ2) is 7.94. The summed E-state index contributed by atoms with van der Waals surface area (Å²) >= 11 is 0. The molecular formula is C21H25N5O4S. The maximum absolute atomic E-state index is 11.1. The molecule has 0 aliphatic heterocycles. The molecule has 0 saturated heterocycles. The molecule has 31 heavy (non-hydrogen) atoms. The lowest BCUT2D eigenvalue weighted by Crippen LogP contribution is -2.24. The molecule has 3 aromatic rings. The number of aryl methyl sites for hydroxylation is 1. The van der Waals surface area contributed by atoms with E-state index in [9.17, 15) is 13.5 Å². The summed E-state index contributed by atoms with van der Waals surface area (Å²) in [5.41, 5.74) is 4.47. The molecule has 0 spiro atoms. The van der Waals surface area contributed by atoms with Gasteiger partial charge in [0.2, 0.25) is 0 Å². The molecule has 1 aromatic carbocycles. The van der Waals surface area contributed by atoms with Crippen LogP contribution in [0.3, 0.4) is 0 Å². The Morgan fingerprint density at radius 2 is 2.03 bits per heavy atom. The van der Waals surface area contributed by atoms with Crippen LogP contribution >= 0.6 is 0 Å². The van der Waals surface area contributed by atoms with Gasteiger partial charge in [0.05, 0.1) is 18.9 Å². The zero-order chi connectivity index (χ0) is 21.6. The molecule has 164 valence electrons. The van der Waals surface area contributed by atoms with Gasteiger partial charge in [0.1, 0.15) is 12.2 Å². The maximum atomic E-state index is 11.1. The lowest BCUT2D eigenvalue weighted by molar-refractivity contribution is 0.101. The number of rotatable bonds is 6. The van der Waals surface area contributed by atoms with Crippen LogP contribution in [-0.2, 0) is 27.3 Å². The summed E-state index contributed by atoms with van der Waals surface area (Å²) < 4.78 is 28.7. The first-order valence-electron chi connectivity index (χ1n) is 10.5. The van der Waals surface area contributed by atoms with Crippen LogP contribution in [-0.4, -0.2) is 45.8 Å². The van der Waals surface area contributed by atoms with Crippen LogP contribution in [0.25, 0.3) is 5.65 Å². The van der Waals surface area contributed by atoms with Gasteiger partial charge >= 0.3 is 10.3 Å². The van der Waals surface area contributed by atoms with Crippen LogP contribution in [0.4, 0.5) is 0 Å². The van der Waals surface area contributed by atoms with E-state index in [1.54, 1.807) is 17.0 Å². The molecule has 1 fully saturated rings. The highest BCUT2D eigenvalue weighted by molar-refractivity contribution is 7.84. The van der Waals surface area contributed by atoms with E-state index in [-0.39, 0.29) is 18.4 Å². The van der Waals surface area contributed by atoms with E-state index < -0.39 is 16.4 Å². The molecule has 2 heterocycles. The topological polar surface area (TPSA) is 133 Å². The Morgan fingerprint density at radius 1 is 1.19 bits per heavy atom. The van der Waals surface area contributed by atoms with Gasteiger partial charge in [0.25, 0.3) is 0 Å². The molecule has 0 radical (unpaired) electrons. The molecule has 2 aromatic heterocycles. The largest absolute Gasteiger partial charge is 0.393 e. The number of benzene rings is 1. The Bertz CT molecular complexity index is 1210. The first-order valence-corrected chi connectivity index (χ1v) is 12.0. The predicted molar refractivity (Wildman–Crippen MR) is 113 cm³/mol. The second-order valence-corrected chi connectivity index (χ2v) is 9.76. The van der Waals surface area contributed by atoms with E-state index in [0.717, 1.165) is 36.3 Å². The first-order chi connectivity index (χ1) is 14.9. The van der Waals surface area contributed by atoms with Crippen LogP contribution in [0.15, 0.2) is 36.8 Å². The highest BCUT2D eigenvalue weighted by atomic mass is 32.2. The quantitative estimate of drug-likeness (QED) is 0.589. The normalized spacial score (nSPS) is 25.9. The van der Waals surface area contributed by atoms with Crippen LogP contribution in [0, 0.1) is 5.92 Å². The summed E-state index contributed by atoms with van der Waals surface area (Å²) in [6.45, 7) is -0.128. The molecule has 0 bridgehead atoms. The molecule has 3 N–H and O–H groups in total.